The maximum Gasteiger partial charge on any atom is 0.416 e. The van der Waals surface area contributed by atoms with Crippen molar-refractivity contribution in [3.63, 3.8) is 0 Å². The van der Waals surface area contributed by atoms with Gasteiger partial charge in [0.1, 0.15) is 17.9 Å². The van der Waals surface area contributed by atoms with Crippen molar-refractivity contribution in [2.45, 2.75) is 52.2 Å². The average Bonchev–Trinajstić information content (AvgIpc) is 3.18. The van der Waals surface area contributed by atoms with Crippen molar-refractivity contribution in [3.05, 3.63) is 62.6 Å². The standard InChI is InChI=1S/C22H23F3N2O6/c1-21(2,3)27(9-16(28)29)20(32)17-18(30)14-10-33-11-15(14)26(19(17)31)8-12-4-6-13(7-5-12)22(23,24)25/h4-7,30H,8-11H2,1-3H3,(H,28,29). The number of hydrogen-bond acceptors (Lipinski definition) is 5. The van der Waals surface area contributed by atoms with Crippen LogP contribution < -0.4 is 5.56 Å². The van der Waals surface area contributed by atoms with Crippen LogP contribution in [-0.4, -0.2) is 43.6 Å². The van der Waals surface area contributed by atoms with Crippen LogP contribution in [0.1, 0.15) is 53.5 Å². The Bertz CT molecular complexity index is 1150. The molecule has 0 radical (unpaired) electrons. The number of aromatic nitrogens is 1. The molecule has 8 nitrogen and oxygen atoms in total. The summed E-state index contributed by atoms with van der Waals surface area (Å²) in [6, 6.07) is 4.21. The number of pyridine rings is 1. The number of benzene rings is 1. The molecular formula is C22H23F3N2O6. The summed E-state index contributed by atoms with van der Waals surface area (Å²) in [7, 11) is 0. The van der Waals surface area contributed by atoms with Gasteiger partial charge < -0.3 is 24.4 Å². The van der Waals surface area contributed by atoms with Gasteiger partial charge in [-0.15, -0.1) is 0 Å². The van der Waals surface area contributed by atoms with Crippen LogP contribution in [0.4, 0.5) is 13.2 Å². The molecule has 2 heterocycles. The van der Waals surface area contributed by atoms with E-state index >= 15 is 0 Å². The Morgan fingerprint density at radius 3 is 2.24 bits per heavy atom. The molecule has 1 aromatic carbocycles. The van der Waals surface area contributed by atoms with E-state index in [0.717, 1.165) is 17.0 Å². The second-order valence-corrected chi connectivity index (χ2v) is 8.68. The lowest BCUT2D eigenvalue weighted by atomic mass is 10.0. The van der Waals surface area contributed by atoms with Crippen LogP contribution in [0.2, 0.25) is 0 Å². The van der Waals surface area contributed by atoms with Crippen molar-refractivity contribution in [3.8, 4) is 5.75 Å². The number of aliphatic carboxylic acids is 1. The van der Waals surface area contributed by atoms with Crippen molar-refractivity contribution in [2.24, 2.45) is 0 Å². The van der Waals surface area contributed by atoms with Crippen LogP contribution in [0, 0.1) is 0 Å². The molecule has 0 spiro atoms. The minimum absolute atomic E-state index is 0.0364. The Balaban J connectivity index is 2.11. The van der Waals surface area contributed by atoms with Gasteiger partial charge in [-0.25, -0.2) is 0 Å². The molecule has 2 aromatic rings. The molecule has 0 saturated heterocycles. The topological polar surface area (TPSA) is 109 Å². The minimum atomic E-state index is -4.51. The third-order valence-electron chi connectivity index (χ3n) is 5.33. The average molecular weight is 468 g/mol. The Labute approximate surface area is 186 Å². The smallest absolute Gasteiger partial charge is 0.416 e. The maximum absolute atomic E-state index is 13.3. The van der Waals surface area contributed by atoms with Gasteiger partial charge in [0.2, 0.25) is 0 Å². The van der Waals surface area contributed by atoms with Gasteiger partial charge in [-0.3, -0.25) is 14.4 Å². The molecule has 0 saturated carbocycles. The van der Waals surface area contributed by atoms with Gasteiger partial charge in [0.25, 0.3) is 11.5 Å². The first-order valence-corrected chi connectivity index (χ1v) is 9.97. The maximum atomic E-state index is 13.3. The molecule has 1 aliphatic rings. The number of hydrogen-bond donors (Lipinski definition) is 2. The predicted molar refractivity (Wildman–Crippen MR) is 110 cm³/mol. The lowest BCUT2D eigenvalue weighted by molar-refractivity contribution is -0.139. The highest BCUT2D eigenvalue weighted by Gasteiger charge is 2.36. The SMILES string of the molecule is CC(C)(C)N(CC(=O)O)C(=O)c1c(O)c2c(n(Cc3ccc(C(F)(F)F)cc3)c1=O)COC2. The summed E-state index contributed by atoms with van der Waals surface area (Å²) in [5.74, 6) is -2.85. The van der Waals surface area contributed by atoms with Crippen LogP contribution in [0.5, 0.6) is 5.75 Å². The third-order valence-corrected chi connectivity index (χ3v) is 5.33. The van der Waals surface area contributed by atoms with Crippen LogP contribution >= 0.6 is 0 Å². The summed E-state index contributed by atoms with van der Waals surface area (Å²) in [6.07, 6.45) is -4.51. The van der Waals surface area contributed by atoms with Gasteiger partial charge in [-0.05, 0) is 38.5 Å². The first kappa shape index (κ1) is 24.3. The van der Waals surface area contributed by atoms with Crippen LogP contribution in [-0.2, 0) is 35.5 Å². The van der Waals surface area contributed by atoms with Crippen molar-refractivity contribution >= 4 is 11.9 Å². The van der Waals surface area contributed by atoms with Crippen molar-refractivity contribution in [2.75, 3.05) is 6.54 Å². The number of carboxylic acids is 1. The largest absolute Gasteiger partial charge is 0.506 e. The zero-order valence-corrected chi connectivity index (χ0v) is 18.2. The molecule has 0 aliphatic carbocycles. The van der Waals surface area contributed by atoms with E-state index in [1.54, 1.807) is 20.8 Å². The second-order valence-electron chi connectivity index (χ2n) is 8.68. The molecule has 178 valence electrons. The Morgan fingerprint density at radius 1 is 1.12 bits per heavy atom. The summed E-state index contributed by atoms with van der Waals surface area (Å²) in [5.41, 5.74) is -2.46. The van der Waals surface area contributed by atoms with Crippen molar-refractivity contribution in [1.29, 1.82) is 0 Å². The Morgan fingerprint density at radius 2 is 1.73 bits per heavy atom. The fourth-order valence-electron chi connectivity index (χ4n) is 3.60. The van der Waals surface area contributed by atoms with E-state index in [-0.39, 0.29) is 25.3 Å². The molecule has 1 amide bonds. The van der Waals surface area contributed by atoms with Gasteiger partial charge in [0, 0.05) is 11.1 Å². The monoisotopic (exact) mass is 468 g/mol. The number of carbonyl (C=O) groups excluding carboxylic acids is 1. The Kier molecular flexibility index (Phi) is 6.29. The normalized spacial score (nSPS) is 13.6. The molecule has 0 bridgehead atoms. The summed E-state index contributed by atoms with van der Waals surface area (Å²) in [4.78, 5) is 38.8. The minimum Gasteiger partial charge on any atom is -0.506 e. The summed E-state index contributed by atoms with van der Waals surface area (Å²) < 4.78 is 45.1. The van der Waals surface area contributed by atoms with Crippen LogP contribution in [0.25, 0.3) is 0 Å². The molecule has 2 N–H and O–H groups in total. The highest BCUT2D eigenvalue weighted by Crippen LogP contribution is 2.32. The molecule has 0 atom stereocenters. The molecule has 0 unspecified atom stereocenters. The number of rotatable bonds is 5. The van der Waals surface area contributed by atoms with Gasteiger partial charge >= 0.3 is 12.1 Å². The van der Waals surface area contributed by atoms with E-state index in [1.165, 1.54) is 16.7 Å². The molecule has 0 fully saturated rings. The number of fused-ring (bicyclic) bond motifs is 1. The molecular weight excluding hydrogens is 445 g/mol. The number of nitrogens with zero attached hydrogens (tertiary/aromatic N) is 2. The number of aromatic hydroxyl groups is 1. The molecule has 11 heteroatoms. The number of carbonyl (C=O) groups is 2. The fraction of sp³-hybridized carbons (Fsp3) is 0.409. The van der Waals surface area contributed by atoms with E-state index in [2.05, 4.69) is 0 Å². The van der Waals surface area contributed by atoms with Gasteiger partial charge in [0.15, 0.2) is 0 Å². The van der Waals surface area contributed by atoms with Crippen LogP contribution in [0.3, 0.4) is 0 Å². The molecule has 3 rings (SSSR count). The molecule has 33 heavy (non-hydrogen) atoms. The number of carboxylic acid groups (broad SMARTS) is 1. The Hall–Kier alpha value is -3.34. The number of halogens is 3. The number of alkyl halides is 3. The molecule has 1 aromatic heterocycles. The fourth-order valence-corrected chi connectivity index (χ4v) is 3.60. The number of amides is 1. The first-order valence-electron chi connectivity index (χ1n) is 9.97. The second kappa shape index (κ2) is 8.54. The van der Waals surface area contributed by atoms with E-state index in [0.29, 0.717) is 11.3 Å². The van der Waals surface area contributed by atoms with E-state index in [1.807, 2.05) is 0 Å². The van der Waals surface area contributed by atoms with Gasteiger partial charge in [-0.2, -0.15) is 13.2 Å². The summed E-state index contributed by atoms with van der Waals surface area (Å²) in [5, 5.41) is 19.9. The summed E-state index contributed by atoms with van der Waals surface area (Å²) in [6.45, 7) is 3.77. The van der Waals surface area contributed by atoms with E-state index in [9.17, 15) is 37.8 Å². The van der Waals surface area contributed by atoms with Gasteiger partial charge in [0.05, 0.1) is 31.0 Å². The lowest BCUT2D eigenvalue weighted by Gasteiger charge is -2.34. The zero-order valence-electron chi connectivity index (χ0n) is 18.2. The highest BCUT2D eigenvalue weighted by atomic mass is 19.4. The van der Waals surface area contributed by atoms with E-state index < -0.39 is 52.6 Å². The summed E-state index contributed by atoms with van der Waals surface area (Å²) >= 11 is 0. The predicted octanol–water partition coefficient (Wildman–Crippen LogP) is 2.98. The van der Waals surface area contributed by atoms with Crippen molar-refractivity contribution in [1.82, 2.24) is 9.47 Å². The lowest BCUT2D eigenvalue weighted by Crippen LogP contribution is -2.50. The van der Waals surface area contributed by atoms with Gasteiger partial charge in [-0.1, -0.05) is 12.1 Å². The number of ether oxygens (including phenoxy) is 1. The third kappa shape index (κ3) is 4.87. The van der Waals surface area contributed by atoms with Crippen molar-refractivity contribution < 1.29 is 37.7 Å². The highest BCUT2D eigenvalue weighted by molar-refractivity contribution is 5.98. The van der Waals surface area contributed by atoms with Crippen LogP contribution in [0.15, 0.2) is 29.1 Å². The van der Waals surface area contributed by atoms with E-state index in [4.69, 9.17) is 4.74 Å². The quantitative estimate of drug-likeness (QED) is 0.699. The first-order chi connectivity index (χ1) is 15.2. The zero-order chi connectivity index (χ0) is 24.7. The molecule has 1 aliphatic heterocycles.